The van der Waals surface area contributed by atoms with Crippen LogP contribution in [0.4, 0.5) is 5.69 Å². The highest BCUT2D eigenvalue weighted by Crippen LogP contribution is 2.28. The fourth-order valence-corrected chi connectivity index (χ4v) is 3.94. The number of fused-ring (bicyclic) bond motifs is 1. The van der Waals surface area contributed by atoms with Gasteiger partial charge in [0, 0.05) is 49.9 Å². The second-order valence-corrected chi connectivity index (χ2v) is 8.17. The molecule has 3 aromatic rings. The molecule has 1 aromatic carbocycles. The predicted molar refractivity (Wildman–Crippen MR) is 131 cm³/mol. The average molecular weight is 461 g/mol. The average Bonchev–Trinajstić information content (AvgIpc) is 3.27. The molecule has 1 fully saturated rings. The number of benzene rings is 1. The molecule has 1 amide bonds. The lowest BCUT2D eigenvalue weighted by atomic mass is 10.1. The number of anilines is 1. The maximum absolute atomic E-state index is 12.7. The summed E-state index contributed by atoms with van der Waals surface area (Å²) >= 11 is 0. The third kappa shape index (κ3) is 4.97. The first-order valence-corrected chi connectivity index (χ1v) is 11.0. The minimum Gasteiger partial charge on any atom is -0.493 e. The van der Waals surface area contributed by atoms with Gasteiger partial charge in [0.25, 0.3) is 5.91 Å². The molecule has 34 heavy (non-hydrogen) atoms. The van der Waals surface area contributed by atoms with Crippen LogP contribution in [0.25, 0.3) is 17.1 Å². The lowest BCUT2D eigenvalue weighted by molar-refractivity contribution is -0.117. The molecule has 1 saturated heterocycles. The van der Waals surface area contributed by atoms with E-state index in [-0.39, 0.29) is 12.1 Å². The summed E-state index contributed by atoms with van der Waals surface area (Å²) < 4.78 is 10.5. The topological polar surface area (TPSA) is 107 Å². The number of aromatic nitrogens is 2. The van der Waals surface area contributed by atoms with E-state index in [1.807, 2.05) is 18.3 Å². The van der Waals surface area contributed by atoms with Crippen LogP contribution < -0.4 is 19.7 Å². The Balaban J connectivity index is 1.51. The number of pyridine rings is 1. The van der Waals surface area contributed by atoms with Crippen molar-refractivity contribution in [1.29, 1.82) is 5.26 Å². The summed E-state index contributed by atoms with van der Waals surface area (Å²) in [4.78, 5) is 25.0. The standard InChI is InChI=1S/C25H28N6O3/c1-30-6-8-31(9-7-30)20-12-21-19(15-27-24(21)28-16-20)11-18(13-26)25(32)29-14-17-4-5-22(33-2)23(10-17)34-3/h4-5,10-12,15-16H,6-9,14H2,1-3H3,(H,27,28)(H,29,32)/b18-11+. The molecule has 2 N–H and O–H groups in total. The summed E-state index contributed by atoms with van der Waals surface area (Å²) in [5.41, 5.74) is 3.34. The number of likely N-dealkylation sites (N-methyl/N-ethyl adjacent to an activating group) is 1. The number of amides is 1. The van der Waals surface area contributed by atoms with Crippen LogP contribution in [0, 0.1) is 11.3 Å². The van der Waals surface area contributed by atoms with Crippen molar-refractivity contribution in [2.45, 2.75) is 6.54 Å². The Bertz CT molecular complexity index is 1250. The van der Waals surface area contributed by atoms with E-state index < -0.39 is 5.91 Å². The Morgan fingerprint density at radius 1 is 1.21 bits per heavy atom. The molecule has 0 spiro atoms. The fourth-order valence-electron chi connectivity index (χ4n) is 3.94. The van der Waals surface area contributed by atoms with Crippen LogP contribution in [0.15, 0.2) is 42.2 Å². The van der Waals surface area contributed by atoms with Crippen molar-refractivity contribution < 1.29 is 14.3 Å². The quantitative estimate of drug-likeness (QED) is 0.412. The van der Waals surface area contributed by atoms with Crippen LogP contribution in [-0.4, -0.2) is 68.2 Å². The Morgan fingerprint density at radius 2 is 1.97 bits per heavy atom. The van der Waals surface area contributed by atoms with Crippen LogP contribution in [-0.2, 0) is 11.3 Å². The summed E-state index contributed by atoms with van der Waals surface area (Å²) in [7, 11) is 5.24. The number of piperazine rings is 1. The largest absolute Gasteiger partial charge is 0.493 e. The highest BCUT2D eigenvalue weighted by atomic mass is 16.5. The van der Waals surface area contributed by atoms with E-state index in [1.165, 1.54) is 0 Å². The van der Waals surface area contributed by atoms with Gasteiger partial charge in [0.15, 0.2) is 11.5 Å². The van der Waals surface area contributed by atoms with Crippen LogP contribution >= 0.6 is 0 Å². The summed E-state index contributed by atoms with van der Waals surface area (Å²) in [5, 5.41) is 13.3. The van der Waals surface area contributed by atoms with E-state index in [2.05, 4.69) is 38.2 Å². The Morgan fingerprint density at radius 3 is 2.68 bits per heavy atom. The van der Waals surface area contributed by atoms with Crippen molar-refractivity contribution in [3.8, 4) is 17.6 Å². The Hall–Kier alpha value is -4.03. The van der Waals surface area contributed by atoms with Gasteiger partial charge >= 0.3 is 0 Å². The molecule has 0 saturated carbocycles. The number of aromatic amines is 1. The van der Waals surface area contributed by atoms with Gasteiger partial charge in [-0.2, -0.15) is 5.26 Å². The summed E-state index contributed by atoms with van der Waals surface area (Å²) in [6, 6.07) is 9.48. The number of H-pyrrole nitrogens is 1. The van der Waals surface area contributed by atoms with E-state index in [4.69, 9.17) is 9.47 Å². The fraction of sp³-hybridized carbons (Fsp3) is 0.320. The van der Waals surface area contributed by atoms with Crippen molar-refractivity contribution in [1.82, 2.24) is 20.2 Å². The molecule has 176 valence electrons. The predicted octanol–water partition coefficient (Wildman–Crippen LogP) is 2.56. The van der Waals surface area contributed by atoms with Crippen LogP contribution in [0.3, 0.4) is 0 Å². The maximum atomic E-state index is 12.7. The van der Waals surface area contributed by atoms with Crippen molar-refractivity contribution >= 4 is 28.7 Å². The second kappa shape index (κ2) is 10.3. The van der Waals surface area contributed by atoms with Gasteiger partial charge < -0.3 is 29.6 Å². The summed E-state index contributed by atoms with van der Waals surface area (Å²) in [6.07, 6.45) is 5.22. The lowest BCUT2D eigenvalue weighted by Gasteiger charge is -2.33. The van der Waals surface area contributed by atoms with Gasteiger partial charge in [-0.25, -0.2) is 4.98 Å². The highest BCUT2D eigenvalue weighted by molar-refractivity contribution is 6.03. The maximum Gasteiger partial charge on any atom is 0.262 e. The number of carbonyl (C=O) groups excluding carboxylic acids is 1. The van der Waals surface area contributed by atoms with Gasteiger partial charge in [0.2, 0.25) is 0 Å². The van der Waals surface area contributed by atoms with Gasteiger partial charge in [-0.05, 0) is 36.9 Å². The van der Waals surface area contributed by atoms with Gasteiger partial charge in [-0.1, -0.05) is 6.07 Å². The van der Waals surface area contributed by atoms with Crippen LogP contribution in [0.2, 0.25) is 0 Å². The van der Waals surface area contributed by atoms with Crippen molar-refractivity contribution in [3.05, 3.63) is 53.4 Å². The van der Waals surface area contributed by atoms with E-state index in [9.17, 15) is 10.1 Å². The van der Waals surface area contributed by atoms with E-state index in [0.29, 0.717) is 17.1 Å². The number of methoxy groups -OCH3 is 2. The van der Waals surface area contributed by atoms with E-state index in [1.54, 1.807) is 38.6 Å². The molecule has 9 nitrogen and oxygen atoms in total. The Labute approximate surface area is 198 Å². The number of carbonyl (C=O) groups is 1. The zero-order valence-corrected chi connectivity index (χ0v) is 19.6. The zero-order chi connectivity index (χ0) is 24.1. The first kappa shape index (κ1) is 23.1. The molecule has 1 aliphatic rings. The molecular formula is C25H28N6O3. The third-order valence-corrected chi connectivity index (χ3v) is 5.98. The van der Waals surface area contributed by atoms with Gasteiger partial charge in [-0.3, -0.25) is 4.79 Å². The monoisotopic (exact) mass is 460 g/mol. The van der Waals surface area contributed by atoms with E-state index >= 15 is 0 Å². The number of rotatable bonds is 7. The summed E-state index contributed by atoms with van der Waals surface area (Å²) in [6.45, 7) is 4.11. The van der Waals surface area contributed by atoms with Crippen molar-refractivity contribution in [2.24, 2.45) is 0 Å². The molecule has 3 heterocycles. The normalized spacial score (nSPS) is 14.6. The molecule has 0 radical (unpaired) electrons. The number of nitrogens with one attached hydrogen (secondary N) is 2. The number of hydrogen-bond acceptors (Lipinski definition) is 7. The van der Waals surface area contributed by atoms with E-state index in [0.717, 1.165) is 48.4 Å². The second-order valence-electron chi connectivity index (χ2n) is 8.17. The molecule has 0 aliphatic carbocycles. The summed E-state index contributed by atoms with van der Waals surface area (Å²) in [5.74, 6) is 0.738. The van der Waals surface area contributed by atoms with Crippen LogP contribution in [0.1, 0.15) is 11.1 Å². The molecule has 0 bridgehead atoms. The highest BCUT2D eigenvalue weighted by Gasteiger charge is 2.17. The first-order valence-electron chi connectivity index (χ1n) is 11.0. The Kier molecular flexibility index (Phi) is 6.99. The van der Waals surface area contributed by atoms with Gasteiger partial charge in [0.05, 0.1) is 26.1 Å². The van der Waals surface area contributed by atoms with Crippen molar-refractivity contribution in [2.75, 3.05) is 52.3 Å². The molecule has 9 heteroatoms. The molecular weight excluding hydrogens is 432 g/mol. The van der Waals surface area contributed by atoms with Gasteiger partial charge in [-0.15, -0.1) is 0 Å². The first-order chi connectivity index (χ1) is 16.5. The molecule has 0 atom stereocenters. The molecule has 4 rings (SSSR count). The lowest BCUT2D eigenvalue weighted by Crippen LogP contribution is -2.44. The van der Waals surface area contributed by atoms with Crippen LogP contribution in [0.5, 0.6) is 11.5 Å². The zero-order valence-electron chi connectivity index (χ0n) is 19.6. The number of ether oxygens (including phenoxy) is 2. The van der Waals surface area contributed by atoms with Crippen molar-refractivity contribution in [3.63, 3.8) is 0 Å². The number of nitriles is 1. The molecule has 2 aromatic heterocycles. The number of hydrogen-bond donors (Lipinski definition) is 2. The molecule has 0 unspecified atom stereocenters. The number of nitrogens with zero attached hydrogens (tertiary/aromatic N) is 4. The SMILES string of the molecule is COc1ccc(CNC(=O)/C(C#N)=C/c2c[nH]c3ncc(N4CCN(C)CC4)cc23)cc1OC. The van der Waals surface area contributed by atoms with Gasteiger partial charge in [0.1, 0.15) is 17.3 Å². The third-order valence-electron chi connectivity index (χ3n) is 5.98. The molecule has 1 aliphatic heterocycles. The smallest absolute Gasteiger partial charge is 0.262 e. The minimum atomic E-state index is -0.449. The minimum absolute atomic E-state index is 0.0198.